The van der Waals surface area contributed by atoms with Crippen molar-refractivity contribution >= 4 is 5.91 Å². The number of hydrogen-bond donors (Lipinski definition) is 1. The molecule has 0 bridgehead atoms. The van der Waals surface area contributed by atoms with E-state index in [0.717, 1.165) is 35.5 Å². The van der Waals surface area contributed by atoms with E-state index in [1.807, 2.05) is 55.6 Å². The molecule has 1 amide bonds. The van der Waals surface area contributed by atoms with Crippen LogP contribution in [0.2, 0.25) is 0 Å². The van der Waals surface area contributed by atoms with Gasteiger partial charge in [0.1, 0.15) is 11.5 Å². The second kappa shape index (κ2) is 10.7. The summed E-state index contributed by atoms with van der Waals surface area (Å²) < 4.78 is 10.5. The lowest BCUT2D eigenvalue weighted by Crippen LogP contribution is -2.41. The maximum absolute atomic E-state index is 12.8. The molecule has 0 saturated carbocycles. The first-order valence-electron chi connectivity index (χ1n) is 9.76. The lowest BCUT2D eigenvalue weighted by atomic mass is 9.98. The average Bonchev–Trinajstić information content (AvgIpc) is 2.72. The molecule has 152 valence electrons. The van der Waals surface area contributed by atoms with Crippen LogP contribution in [0.5, 0.6) is 11.5 Å². The van der Waals surface area contributed by atoms with Crippen LogP contribution < -0.4 is 14.8 Å². The van der Waals surface area contributed by atoms with Crippen LogP contribution >= 0.6 is 0 Å². The number of likely N-dealkylation sites (N-methyl/N-ethyl adjacent to an activating group) is 1. The summed E-state index contributed by atoms with van der Waals surface area (Å²) in [6.45, 7) is 4.68. The van der Waals surface area contributed by atoms with Crippen molar-refractivity contribution in [2.45, 2.75) is 38.8 Å². The number of benzene rings is 2. The number of carbonyl (C=O) groups is 1. The molecule has 5 heteroatoms. The van der Waals surface area contributed by atoms with Crippen molar-refractivity contribution in [3.63, 3.8) is 0 Å². The van der Waals surface area contributed by atoms with Crippen LogP contribution in [0, 0.1) is 0 Å². The molecular weight excluding hydrogens is 352 g/mol. The zero-order chi connectivity index (χ0) is 20.5. The summed E-state index contributed by atoms with van der Waals surface area (Å²) in [5.41, 5.74) is 2.01. The molecule has 0 fully saturated rings. The maximum atomic E-state index is 12.8. The predicted molar refractivity (Wildman–Crippen MR) is 113 cm³/mol. The molecule has 2 aromatic rings. The lowest BCUT2D eigenvalue weighted by molar-refractivity contribution is -0.122. The van der Waals surface area contributed by atoms with Crippen LogP contribution in [0.4, 0.5) is 0 Å². The molecular formula is C23H32N2O3. The van der Waals surface area contributed by atoms with Crippen LogP contribution in [-0.2, 0) is 4.79 Å². The first kappa shape index (κ1) is 21.8. The van der Waals surface area contributed by atoms with Crippen molar-refractivity contribution in [3.05, 3.63) is 59.7 Å². The van der Waals surface area contributed by atoms with Gasteiger partial charge in [-0.05, 0) is 55.8 Å². The molecule has 1 unspecified atom stereocenters. The van der Waals surface area contributed by atoms with E-state index in [-0.39, 0.29) is 11.9 Å². The minimum atomic E-state index is -0.237. The Morgan fingerprint density at radius 3 is 1.82 bits per heavy atom. The third-order valence-electron chi connectivity index (χ3n) is 5.06. The third-order valence-corrected chi connectivity index (χ3v) is 5.06. The lowest BCUT2D eigenvalue weighted by Gasteiger charge is -2.26. The van der Waals surface area contributed by atoms with Crippen LogP contribution in [0.25, 0.3) is 0 Å². The zero-order valence-corrected chi connectivity index (χ0v) is 17.6. The molecule has 0 radical (unpaired) electrons. The van der Waals surface area contributed by atoms with Gasteiger partial charge >= 0.3 is 0 Å². The van der Waals surface area contributed by atoms with Crippen molar-refractivity contribution in [2.75, 3.05) is 27.8 Å². The van der Waals surface area contributed by atoms with E-state index in [2.05, 4.69) is 24.1 Å². The minimum absolute atomic E-state index is 0.00193. The predicted octanol–water partition coefficient (Wildman–Crippen LogP) is 4.03. The van der Waals surface area contributed by atoms with Gasteiger partial charge in [0.2, 0.25) is 5.91 Å². The van der Waals surface area contributed by atoms with Crippen molar-refractivity contribution in [1.29, 1.82) is 0 Å². The van der Waals surface area contributed by atoms with Crippen molar-refractivity contribution in [2.24, 2.45) is 0 Å². The smallest absolute Gasteiger partial charge is 0.234 e. The van der Waals surface area contributed by atoms with E-state index in [0.29, 0.717) is 12.6 Å². The van der Waals surface area contributed by atoms with Gasteiger partial charge in [-0.3, -0.25) is 9.69 Å². The van der Waals surface area contributed by atoms with Gasteiger partial charge in [-0.2, -0.15) is 0 Å². The Labute approximate surface area is 168 Å². The monoisotopic (exact) mass is 384 g/mol. The van der Waals surface area contributed by atoms with Crippen molar-refractivity contribution < 1.29 is 14.3 Å². The molecule has 2 rings (SSSR count). The summed E-state index contributed by atoms with van der Waals surface area (Å²) in [5.74, 6) is 1.58. The Morgan fingerprint density at radius 2 is 1.43 bits per heavy atom. The highest BCUT2D eigenvalue weighted by Crippen LogP contribution is 2.26. The fourth-order valence-corrected chi connectivity index (χ4v) is 3.18. The molecule has 0 spiro atoms. The number of ether oxygens (including phenoxy) is 2. The van der Waals surface area contributed by atoms with Crippen LogP contribution in [0.15, 0.2) is 48.5 Å². The quantitative estimate of drug-likeness (QED) is 0.672. The van der Waals surface area contributed by atoms with Crippen molar-refractivity contribution in [1.82, 2.24) is 10.2 Å². The first-order chi connectivity index (χ1) is 13.5. The molecule has 5 nitrogen and oxygen atoms in total. The second-order valence-electron chi connectivity index (χ2n) is 7.10. The fraction of sp³-hybridized carbons (Fsp3) is 0.435. The standard InChI is InChI=1S/C23H32N2O3/c1-6-7-17(2)25(3)16-22(26)24-23(18-8-12-20(27-4)13-9-18)19-10-14-21(28-5)15-11-19/h8-15,17,23H,6-7,16H2,1-5H3,(H,24,26). The summed E-state index contributed by atoms with van der Waals surface area (Å²) in [6.07, 6.45) is 2.18. The molecule has 0 aliphatic heterocycles. The fourth-order valence-electron chi connectivity index (χ4n) is 3.18. The highest BCUT2D eigenvalue weighted by Gasteiger charge is 2.19. The zero-order valence-electron chi connectivity index (χ0n) is 17.6. The van der Waals surface area contributed by atoms with Gasteiger partial charge in [-0.25, -0.2) is 0 Å². The van der Waals surface area contributed by atoms with E-state index in [1.54, 1.807) is 14.2 Å². The average molecular weight is 385 g/mol. The Morgan fingerprint density at radius 1 is 0.964 bits per heavy atom. The summed E-state index contributed by atoms with van der Waals surface area (Å²) in [6, 6.07) is 15.7. The Balaban J connectivity index is 2.20. The van der Waals surface area contributed by atoms with Gasteiger partial charge in [0.15, 0.2) is 0 Å². The van der Waals surface area contributed by atoms with E-state index < -0.39 is 0 Å². The molecule has 28 heavy (non-hydrogen) atoms. The number of nitrogens with zero attached hydrogens (tertiary/aromatic N) is 1. The summed E-state index contributed by atoms with van der Waals surface area (Å²) >= 11 is 0. The summed E-state index contributed by atoms with van der Waals surface area (Å²) in [5, 5.41) is 3.19. The van der Waals surface area contributed by atoms with E-state index in [9.17, 15) is 4.79 Å². The highest BCUT2D eigenvalue weighted by atomic mass is 16.5. The van der Waals surface area contributed by atoms with Gasteiger partial charge in [-0.15, -0.1) is 0 Å². The number of hydrogen-bond acceptors (Lipinski definition) is 4. The molecule has 0 aliphatic carbocycles. The number of methoxy groups -OCH3 is 2. The highest BCUT2D eigenvalue weighted by molar-refractivity contribution is 5.79. The van der Waals surface area contributed by atoms with E-state index >= 15 is 0 Å². The Kier molecular flexibility index (Phi) is 8.33. The topological polar surface area (TPSA) is 50.8 Å². The minimum Gasteiger partial charge on any atom is -0.497 e. The van der Waals surface area contributed by atoms with Crippen LogP contribution in [-0.4, -0.2) is 44.7 Å². The number of carbonyl (C=O) groups excluding carboxylic acids is 1. The van der Waals surface area contributed by atoms with Gasteiger partial charge in [-0.1, -0.05) is 37.6 Å². The number of rotatable bonds is 10. The second-order valence-corrected chi connectivity index (χ2v) is 7.10. The molecule has 1 atom stereocenters. The summed E-state index contributed by atoms with van der Waals surface area (Å²) in [7, 11) is 5.28. The maximum Gasteiger partial charge on any atom is 0.234 e. The van der Waals surface area contributed by atoms with Gasteiger partial charge in [0, 0.05) is 6.04 Å². The molecule has 0 heterocycles. The Hall–Kier alpha value is -2.53. The number of nitrogens with one attached hydrogen (secondary N) is 1. The molecule has 0 aromatic heterocycles. The molecule has 1 N–H and O–H groups in total. The van der Waals surface area contributed by atoms with Gasteiger partial charge in [0.25, 0.3) is 0 Å². The largest absolute Gasteiger partial charge is 0.497 e. The number of amides is 1. The first-order valence-corrected chi connectivity index (χ1v) is 9.76. The molecule has 0 aliphatic rings. The SMILES string of the molecule is CCCC(C)N(C)CC(=O)NC(c1ccc(OC)cc1)c1ccc(OC)cc1. The molecule has 0 saturated heterocycles. The normalized spacial score (nSPS) is 12.1. The van der Waals surface area contributed by atoms with E-state index in [1.165, 1.54) is 0 Å². The third kappa shape index (κ3) is 5.99. The molecule has 2 aromatic carbocycles. The summed E-state index contributed by atoms with van der Waals surface area (Å²) in [4.78, 5) is 14.9. The van der Waals surface area contributed by atoms with E-state index in [4.69, 9.17) is 9.47 Å². The Bertz CT molecular complexity index is 681. The van der Waals surface area contributed by atoms with Gasteiger partial charge < -0.3 is 14.8 Å². The van der Waals surface area contributed by atoms with Crippen LogP contribution in [0.1, 0.15) is 43.9 Å². The van der Waals surface area contributed by atoms with Crippen molar-refractivity contribution in [3.8, 4) is 11.5 Å². The van der Waals surface area contributed by atoms with Crippen LogP contribution in [0.3, 0.4) is 0 Å². The van der Waals surface area contributed by atoms with Gasteiger partial charge in [0.05, 0.1) is 26.8 Å².